The zero-order valence-corrected chi connectivity index (χ0v) is 17.4. The highest BCUT2D eigenvalue weighted by Gasteiger charge is 2.34. The number of fused-ring (bicyclic) bond motifs is 1. The molecule has 1 aliphatic heterocycles. The average Bonchev–Trinajstić information content (AvgIpc) is 3.02. The highest BCUT2D eigenvalue weighted by atomic mass is 35.5. The van der Waals surface area contributed by atoms with E-state index in [0.29, 0.717) is 15.7 Å². The first kappa shape index (κ1) is 20.1. The van der Waals surface area contributed by atoms with Crippen LogP contribution in [0.4, 0.5) is 4.79 Å². The number of ether oxygens (including phenoxy) is 1. The normalized spacial score (nSPS) is 15.1. The van der Waals surface area contributed by atoms with Crippen molar-refractivity contribution in [1.82, 2.24) is 4.90 Å². The standard InChI is InChI=1S/C24H16ClNO3S/c1-2-13-26-23(27)22(30-24(26)28)14-19-18-9-5-3-7-16(18)11-12-21(19)29-15-17-8-4-6-10-20(17)25/h1,3-12,14H,13,15H2/b22-14+. The molecule has 3 aromatic rings. The fraction of sp³-hybridized carbons (Fsp3) is 0.0833. The Balaban J connectivity index is 1.75. The fourth-order valence-corrected chi connectivity index (χ4v) is 4.19. The van der Waals surface area contributed by atoms with Gasteiger partial charge in [0, 0.05) is 16.1 Å². The number of rotatable bonds is 5. The van der Waals surface area contributed by atoms with E-state index < -0.39 is 5.91 Å². The van der Waals surface area contributed by atoms with Crippen LogP contribution < -0.4 is 4.74 Å². The molecule has 0 unspecified atom stereocenters. The summed E-state index contributed by atoms with van der Waals surface area (Å²) in [5, 5.41) is 2.16. The van der Waals surface area contributed by atoms with Crippen molar-refractivity contribution in [1.29, 1.82) is 0 Å². The summed E-state index contributed by atoms with van der Waals surface area (Å²) < 4.78 is 6.08. The predicted octanol–water partition coefficient (Wildman–Crippen LogP) is 5.74. The van der Waals surface area contributed by atoms with Crippen LogP contribution in [-0.4, -0.2) is 22.6 Å². The van der Waals surface area contributed by atoms with Gasteiger partial charge in [-0.05, 0) is 40.7 Å². The minimum absolute atomic E-state index is 0.0482. The van der Waals surface area contributed by atoms with E-state index in [2.05, 4.69) is 5.92 Å². The van der Waals surface area contributed by atoms with Crippen molar-refractivity contribution in [2.45, 2.75) is 6.61 Å². The van der Waals surface area contributed by atoms with Crippen molar-refractivity contribution in [3.8, 4) is 18.1 Å². The van der Waals surface area contributed by atoms with Crippen LogP contribution in [0.15, 0.2) is 65.6 Å². The number of imide groups is 1. The first-order chi connectivity index (χ1) is 14.6. The van der Waals surface area contributed by atoms with Crippen molar-refractivity contribution in [2.24, 2.45) is 0 Å². The van der Waals surface area contributed by atoms with E-state index in [1.165, 1.54) is 0 Å². The van der Waals surface area contributed by atoms with Gasteiger partial charge in [-0.1, -0.05) is 66.1 Å². The number of amides is 2. The predicted molar refractivity (Wildman–Crippen MR) is 121 cm³/mol. The first-order valence-corrected chi connectivity index (χ1v) is 10.3. The Morgan fingerprint density at radius 2 is 1.83 bits per heavy atom. The quantitative estimate of drug-likeness (QED) is 0.380. The van der Waals surface area contributed by atoms with Gasteiger partial charge in [0.25, 0.3) is 11.1 Å². The van der Waals surface area contributed by atoms with Gasteiger partial charge < -0.3 is 4.74 Å². The molecule has 0 radical (unpaired) electrons. The van der Waals surface area contributed by atoms with E-state index >= 15 is 0 Å². The molecular weight excluding hydrogens is 418 g/mol. The van der Waals surface area contributed by atoms with Gasteiger partial charge in [0.05, 0.1) is 11.4 Å². The summed E-state index contributed by atoms with van der Waals surface area (Å²) in [5.41, 5.74) is 1.58. The van der Waals surface area contributed by atoms with E-state index in [4.69, 9.17) is 22.8 Å². The number of halogens is 1. The molecular formula is C24H16ClNO3S. The highest BCUT2D eigenvalue weighted by molar-refractivity contribution is 8.18. The molecule has 0 N–H and O–H groups in total. The van der Waals surface area contributed by atoms with Crippen LogP contribution in [0.5, 0.6) is 5.75 Å². The van der Waals surface area contributed by atoms with Gasteiger partial charge >= 0.3 is 0 Å². The summed E-state index contributed by atoms with van der Waals surface area (Å²) in [6.07, 6.45) is 6.98. The summed E-state index contributed by atoms with van der Waals surface area (Å²) in [7, 11) is 0. The highest BCUT2D eigenvalue weighted by Crippen LogP contribution is 2.37. The van der Waals surface area contributed by atoms with Crippen LogP contribution in [0, 0.1) is 12.3 Å². The molecule has 1 saturated heterocycles. The van der Waals surface area contributed by atoms with Gasteiger partial charge in [-0.15, -0.1) is 6.42 Å². The molecule has 0 saturated carbocycles. The lowest BCUT2D eigenvalue weighted by Crippen LogP contribution is -2.28. The number of terminal acetylenes is 1. The van der Waals surface area contributed by atoms with E-state index in [-0.39, 0.29) is 18.4 Å². The van der Waals surface area contributed by atoms with E-state index in [1.54, 1.807) is 6.08 Å². The van der Waals surface area contributed by atoms with Crippen LogP contribution in [-0.2, 0) is 11.4 Å². The maximum Gasteiger partial charge on any atom is 0.294 e. The van der Waals surface area contributed by atoms with E-state index in [0.717, 1.165) is 38.6 Å². The van der Waals surface area contributed by atoms with Gasteiger partial charge in [0.2, 0.25) is 0 Å². The van der Waals surface area contributed by atoms with Crippen molar-refractivity contribution in [2.75, 3.05) is 6.54 Å². The average molecular weight is 434 g/mol. The summed E-state index contributed by atoms with van der Waals surface area (Å²) in [6, 6.07) is 19.1. The fourth-order valence-electron chi connectivity index (χ4n) is 3.18. The molecule has 148 valence electrons. The molecule has 1 heterocycles. The zero-order chi connectivity index (χ0) is 21.1. The lowest BCUT2D eigenvalue weighted by Gasteiger charge is -2.13. The minimum atomic E-state index is -0.395. The Hall–Kier alpha value is -3.20. The van der Waals surface area contributed by atoms with Crippen LogP contribution >= 0.6 is 23.4 Å². The third-order valence-electron chi connectivity index (χ3n) is 4.67. The third kappa shape index (κ3) is 3.93. The third-order valence-corrected chi connectivity index (χ3v) is 5.95. The molecule has 0 bridgehead atoms. The molecule has 30 heavy (non-hydrogen) atoms. The second-order valence-corrected chi connectivity index (χ2v) is 7.95. The molecule has 4 nitrogen and oxygen atoms in total. The molecule has 3 aromatic carbocycles. The molecule has 1 fully saturated rings. The Kier molecular flexibility index (Phi) is 5.80. The molecule has 1 aliphatic rings. The number of hydrogen-bond acceptors (Lipinski definition) is 4. The number of nitrogens with zero attached hydrogens (tertiary/aromatic N) is 1. The molecule has 0 atom stereocenters. The van der Waals surface area contributed by atoms with Gasteiger partial charge in [-0.25, -0.2) is 0 Å². The Labute approximate surface area is 183 Å². The lowest BCUT2D eigenvalue weighted by atomic mass is 10.0. The maximum absolute atomic E-state index is 12.6. The monoisotopic (exact) mass is 433 g/mol. The number of carbonyl (C=O) groups excluding carboxylic acids is 2. The second-order valence-electron chi connectivity index (χ2n) is 6.55. The van der Waals surface area contributed by atoms with Crippen molar-refractivity contribution in [3.05, 3.63) is 81.7 Å². The van der Waals surface area contributed by atoms with Gasteiger partial charge in [-0.3, -0.25) is 14.5 Å². The number of benzene rings is 3. The van der Waals surface area contributed by atoms with E-state index in [1.807, 2.05) is 60.7 Å². The molecule has 2 amide bonds. The summed E-state index contributed by atoms with van der Waals surface area (Å²) in [6.45, 7) is 0.227. The Morgan fingerprint density at radius 1 is 1.07 bits per heavy atom. The number of carbonyl (C=O) groups is 2. The smallest absolute Gasteiger partial charge is 0.294 e. The van der Waals surface area contributed by atoms with Crippen molar-refractivity contribution in [3.63, 3.8) is 0 Å². The number of hydrogen-bond donors (Lipinski definition) is 0. The molecule has 0 aliphatic carbocycles. The van der Waals surface area contributed by atoms with Crippen molar-refractivity contribution < 1.29 is 14.3 Å². The summed E-state index contributed by atoms with van der Waals surface area (Å²) in [4.78, 5) is 26.2. The second kappa shape index (κ2) is 8.66. The lowest BCUT2D eigenvalue weighted by molar-refractivity contribution is -0.122. The minimum Gasteiger partial charge on any atom is -0.488 e. The van der Waals surface area contributed by atoms with Gasteiger partial charge in [0.1, 0.15) is 12.4 Å². The summed E-state index contributed by atoms with van der Waals surface area (Å²) >= 11 is 7.12. The molecule has 0 aromatic heterocycles. The topological polar surface area (TPSA) is 46.6 Å². The van der Waals surface area contributed by atoms with Gasteiger partial charge in [0.15, 0.2) is 0 Å². The Morgan fingerprint density at radius 3 is 2.63 bits per heavy atom. The van der Waals surface area contributed by atoms with Crippen LogP contribution in [0.1, 0.15) is 11.1 Å². The number of thioether (sulfide) groups is 1. The molecule has 6 heteroatoms. The van der Waals surface area contributed by atoms with Crippen LogP contribution in [0.3, 0.4) is 0 Å². The van der Waals surface area contributed by atoms with Crippen LogP contribution in [0.2, 0.25) is 5.02 Å². The Bertz CT molecular complexity index is 1230. The zero-order valence-electron chi connectivity index (χ0n) is 15.8. The van der Waals surface area contributed by atoms with E-state index in [9.17, 15) is 9.59 Å². The summed E-state index contributed by atoms with van der Waals surface area (Å²) in [5.74, 6) is 2.55. The van der Waals surface area contributed by atoms with Crippen LogP contribution in [0.25, 0.3) is 16.8 Å². The molecule has 4 rings (SSSR count). The van der Waals surface area contributed by atoms with Gasteiger partial charge in [-0.2, -0.15) is 0 Å². The molecule has 0 spiro atoms. The largest absolute Gasteiger partial charge is 0.488 e. The first-order valence-electron chi connectivity index (χ1n) is 9.15. The SMILES string of the molecule is C#CCN1C(=O)S/C(=C/c2c(OCc3ccccc3Cl)ccc3ccccc23)C1=O. The maximum atomic E-state index is 12.6. The van der Waals surface area contributed by atoms with Crippen molar-refractivity contribution >= 4 is 51.4 Å².